The molecule has 124 valence electrons. The molecule has 1 aromatic heterocycles. The first kappa shape index (κ1) is 16.2. The zero-order valence-corrected chi connectivity index (χ0v) is 14.3. The summed E-state index contributed by atoms with van der Waals surface area (Å²) in [6.45, 7) is 4.19. The summed E-state index contributed by atoms with van der Waals surface area (Å²) < 4.78 is 29.4. The van der Waals surface area contributed by atoms with Crippen LogP contribution in [0.2, 0.25) is 0 Å². The summed E-state index contributed by atoms with van der Waals surface area (Å²) in [5, 5.41) is 4.11. The van der Waals surface area contributed by atoms with Gasteiger partial charge in [0.1, 0.15) is 4.90 Å². The Kier molecular flexibility index (Phi) is 4.52. The minimum atomic E-state index is -3.51. The molecule has 1 aromatic carbocycles. The van der Waals surface area contributed by atoms with Crippen LogP contribution in [-0.2, 0) is 23.6 Å². The van der Waals surface area contributed by atoms with E-state index in [-0.39, 0.29) is 10.9 Å². The second kappa shape index (κ2) is 6.43. The van der Waals surface area contributed by atoms with Crippen molar-refractivity contribution in [3.8, 4) is 0 Å². The van der Waals surface area contributed by atoms with Gasteiger partial charge in [0.25, 0.3) is 0 Å². The van der Waals surface area contributed by atoms with Crippen molar-refractivity contribution in [3.05, 3.63) is 47.8 Å². The molecule has 23 heavy (non-hydrogen) atoms. The number of likely N-dealkylation sites (tertiary alicyclic amines) is 1. The quantitative estimate of drug-likeness (QED) is 0.894. The largest absolute Gasteiger partial charge is 0.297 e. The number of aryl methyl sites for hydroxylation is 2. The topological polar surface area (TPSA) is 67.2 Å². The molecule has 0 spiro atoms. The first-order chi connectivity index (χ1) is 10.9. The number of sulfonamides is 1. The molecule has 0 aliphatic carbocycles. The third-order valence-electron chi connectivity index (χ3n) is 4.10. The maximum absolute atomic E-state index is 12.5. The van der Waals surface area contributed by atoms with Crippen molar-refractivity contribution in [1.29, 1.82) is 0 Å². The van der Waals surface area contributed by atoms with E-state index in [1.807, 2.05) is 18.2 Å². The number of rotatable bonds is 5. The van der Waals surface area contributed by atoms with Crippen molar-refractivity contribution in [2.75, 3.05) is 13.1 Å². The van der Waals surface area contributed by atoms with Gasteiger partial charge in [0, 0.05) is 38.9 Å². The summed E-state index contributed by atoms with van der Waals surface area (Å²) in [5.41, 5.74) is 1.78. The van der Waals surface area contributed by atoms with Gasteiger partial charge in [0.05, 0.1) is 5.69 Å². The highest BCUT2D eigenvalue weighted by Crippen LogP contribution is 2.18. The van der Waals surface area contributed by atoms with Crippen molar-refractivity contribution in [2.45, 2.75) is 30.8 Å². The zero-order chi connectivity index (χ0) is 16.4. The Hall–Kier alpha value is -1.70. The SMILES string of the molecule is Cc1nn(C)cc1S(=O)(=O)N[C@@H]1CCN(Cc2ccccc2)C1. The van der Waals surface area contributed by atoms with Gasteiger partial charge in [0.15, 0.2) is 0 Å². The fourth-order valence-corrected chi connectivity index (χ4v) is 4.52. The van der Waals surface area contributed by atoms with Crippen LogP contribution in [0, 0.1) is 6.92 Å². The van der Waals surface area contributed by atoms with E-state index in [1.165, 1.54) is 10.2 Å². The molecule has 0 radical (unpaired) electrons. The van der Waals surface area contributed by atoms with Crippen LogP contribution < -0.4 is 4.72 Å². The van der Waals surface area contributed by atoms with E-state index in [0.717, 1.165) is 26.1 Å². The molecule has 1 atom stereocenters. The number of aromatic nitrogens is 2. The van der Waals surface area contributed by atoms with Crippen molar-refractivity contribution in [1.82, 2.24) is 19.4 Å². The Bertz CT molecular complexity index is 771. The number of nitrogens with one attached hydrogen (secondary N) is 1. The zero-order valence-electron chi connectivity index (χ0n) is 13.4. The molecule has 0 saturated carbocycles. The molecule has 1 N–H and O–H groups in total. The standard InChI is InChI=1S/C16H22N4O2S/c1-13-16(12-19(2)17-13)23(21,22)18-15-8-9-20(11-15)10-14-6-4-3-5-7-14/h3-7,12,15,18H,8-11H2,1-2H3/t15-/m1/s1. The summed E-state index contributed by atoms with van der Waals surface area (Å²) in [5.74, 6) is 0. The summed E-state index contributed by atoms with van der Waals surface area (Å²) in [6, 6.07) is 10.2. The predicted octanol–water partition coefficient (Wildman–Crippen LogP) is 1.28. The molecule has 0 bridgehead atoms. The van der Waals surface area contributed by atoms with E-state index in [2.05, 4.69) is 26.9 Å². The van der Waals surface area contributed by atoms with Gasteiger partial charge in [-0.3, -0.25) is 9.58 Å². The molecule has 1 saturated heterocycles. The Balaban J connectivity index is 1.62. The van der Waals surface area contributed by atoms with Crippen LogP contribution in [0.5, 0.6) is 0 Å². The lowest BCUT2D eigenvalue weighted by molar-refractivity contribution is 0.324. The minimum Gasteiger partial charge on any atom is -0.297 e. The van der Waals surface area contributed by atoms with Gasteiger partial charge in [-0.15, -0.1) is 0 Å². The molecule has 1 fully saturated rings. The maximum Gasteiger partial charge on any atom is 0.244 e. The third-order valence-corrected chi connectivity index (χ3v) is 5.72. The van der Waals surface area contributed by atoms with E-state index in [1.54, 1.807) is 20.2 Å². The molecule has 0 amide bonds. The summed E-state index contributed by atoms with van der Waals surface area (Å²) in [6.07, 6.45) is 2.37. The second-order valence-corrected chi connectivity index (χ2v) is 7.76. The molecule has 3 rings (SSSR count). The molecule has 0 unspecified atom stereocenters. The van der Waals surface area contributed by atoms with E-state index in [9.17, 15) is 8.42 Å². The summed E-state index contributed by atoms with van der Waals surface area (Å²) >= 11 is 0. The Morgan fingerprint density at radius 1 is 1.30 bits per heavy atom. The summed E-state index contributed by atoms with van der Waals surface area (Å²) in [7, 11) is -1.78. The van der Waals surface area contributed by atoms with Crippen molar-refractivity contribution >= 4 is 10.0 Å². The minimum absolute atomic E-state index is 0.0525. The lowest BCUT2D eigenvalue weighted by Gasteiger charge is -2.16. The van der Waals surface area contributed by atoms with Gasteiger partial charge in [-0.2, -0.15) is 5.10 Å². The fraction of sp³-hybridized carbons (Fsp3) is 0.438. The van der Waals surface area contributed by atoms with Crippen molar-refractivity contribution in [3.63, 3.8) is 0 Å². The van der Waals surface area contributed by atoms with Crippen LogP contribution in [-0.4, -0.2) is 42.2 Å². The second-order valence-electron chi connectivity index (χ2n) is 6.08. The van der Waals surface area contributed by atoms with Gasteiger partial charge in [-0.1, -0.05) is 30.3 Å². The van der Waals surface area contributed by atoms with E-state index < -0.39 is 10.0 Å². The lowest BCUT2D eigenvalue weighted by atomic mass is 10.2. The van der Waals surface area contributed by atoms with Gasteiger partial charge < -0.3 is 0 Å². The van der Waals surface area contributed by atoms with Crippen LogP contribution >= 0.6 is 0 Å². The first-order valence-electron chi connectivity index (χ1n) is 7.73. The van der Waals surface area contributed by atoms with Crippen molar-refractivity contribution < 1.29 is 8.42 Å². The first-order valence-corrected chi connectivity index (χ1v) is 9.21. The van der Waals surface area contributed by atoms with E-state index >= 15 is 0 Å². The summed E-state index contributed by atoms with van der Waals surface area (Å²) in [4.78, 5) is 2.54. The van der Waals surface area contributed by atoms with Crippen LogP contribution in [0.1, 0.15) is 17.7 Å². The molecular formula is C16H22N4O2S. The van der Waals surface area contributed by atoms with Gasteiger partial charge in [-0.05, 0) is 18.9 Å². The molecule has 1 aliphatic rings. The maximum atomic E-state index is 12.5. The lowest BCUT2D eigenvalue weighted by Crippen LogP contribution is -2.37. The monoisotopic (exact) mass is 334 g/mol. The fourth-order valence-electron chi connectivity index (χ4n) is 3.04. The molecule has 7 heteroatoms. The van der Waals surface area contributed by atoms with Crippen molar-refractivity contribution in [2.24, 2.45) is 7.05 Å². The average molecular weight is 334 g/mol. The Labute approximate surface area is 137 Å². The molecular weight excluding hydrogens is 312 g/mol. The Morgan fingerprint density at radius 2 is 2.04 bits per heavy atom. The third kappa shape index (κ3) is 3.80. The van der Waals surface area contributed by atoms with Gasteiger partial charge >= 0.3 is 0 Å². The smallest absolute Gasteiger partial charge is 0.244 e. The van der Waals surface area contributed by atoms with Crippen LogP contribution in [0.15, 0.2) is 41.4 Å². The molecule has 2 aromatic rings. The number of hydrogen-bond acceptors (Lipinski definition) is 4. The van der Waals surface area contributed by atoms with E-state index in [4.69, 9.17) is 0 Å². The molecule has 1 aliphatic heterocycles. The van der Waals surface area contributed by atoms with Crippen LogP contribution in [0.3, 0.4) is 0 Å². The highest BCUT2D eigenvalue weighted by Gasteiger charge is 2.28. The normalized spacial score (nSPS) is 19.3. The van der Waals surface area contributed by atoms with E-state index in [0.29, 0.717) is 5.69 Å². The Morgan fingerprint density at radius 3 is 2.70 bits per heavy atom. The number of hydrogen-bond donors (Lipinski definition) is 1. The van der Waals surface area contributed by atoms with Gasteiger partial charge in [-0.25, -0.2) is 13.1 Å². The molecule has 6 nitrogen and oxygen atoms in total. The van der Waals surface area contributed by atoms with Crippen LogP contribution in [0.25, 0.3) is 0 Å². The molecule has 2 heterocycles. The highest BCUT2D eigenvalue weighted by molar-refractivity contribution is 7.89. The average Bonchev–Trinajstić information content (AvgIpc) is 3.06. The van der Waals surface area contributed by atoms with Gasteiger partial charge in [0.2, 0.25) is 10.0 Å². The predicted molar refractivity (Wildman–Crippen MR) is 88.4 cm³/mol. The number of nitrogens with zero attached hydrogens (tertiary/aromatic N) is 3. The number of benzene rings is 1. The van der Waals surface area contributed by atoms with Crippen LogP contribution in [0.4, 0.5) is 0 Å². The highest BCUT2D eigenvalue weighted by atomic mass is 32.2.